The third kappa shape index (κ3) is 3.88. The van der Waals surface area contributed by atoms with E-state index in [2.05, 4.69) is 31.2 Å². The van der Waals surface area contributed by atoms with Crippen molar-refractivity contribution in [2.75, 3.05) is 26.2 Å². The van der Waals surface area contributed by atoms with Crippen LogP contribution in [0.1, 0.15) is 50.2 Å². The average molecular weight is 370 g/mol. The van der Waals surface area contributed by atoms with Crippen molar-refractivity contribution in [2.45, 2.75) is 57.6 Å². The summed E-state index contributed by atoms with van der Waals surface area (Å²) in [5.74, 6) is 0.0616. The molecule has 3 fully saturated rings. The highest BCUT2D eigenvalue weighted by atomic mass is 16.5. The van der Waals surface area contributed by atoms with Crippen LogP contribution in [0.15, 0.2) is 24.3 Å². The van der Waals surface area contributed by atoms with Gasteiger partial charge in [0.25, 0.3) is 0 Å². The molecule has 5 heteroatoms. The number of nitrogens with zero attached hydrogens (tertiary/aromatic N) is 2. The summed E-state index contributed by atoms with van der Waals surface area (Å²) in [6, 6.07) is 8.42. The smallest absolute Gasteiger partial charge is 0.227 e. The second-order valence-electron chi connectivity index (χ2n) is 8.31. The molecule has 0 unspecified atom stereocenters. The normalized spacial score (nSPS) is 24.8. The number of rotatable bonds is 4. The quantitative estimate of drug-likeness (QED) is 0.819. The molecule has 4 rings (SSSR count). The monoisotopic (exact) mass is 370 g/mol. The van der Waals surface area contributed by atoms with Crippen LogP contribution in [0.4, 0.5) is 0 Å². The van der Waals surface area contributed by atoms with Crippen LogP contribution >= 0.6 is 0 Å². The Balaban J connectivity index is 1.32. The van der Waals surface area contributed by atoms with Gasteiger partial charge in [0.1, 0.15) is 0 Å². The standard InChI is InChI=1S/C22H30N2O3/c1-2-17-4-6-18(7-5-17)15-24-16-19(14-20(24)25)21(26)23-11-9-22(10-12-23)8-3-13-27-22/h4-7,19H,2-3,8-16H2,1H3/t19-/m0/s1. The Labute approximate surface area is 161 Å². The predicted molar refractivity (Wildman–Crippen MR) is 103 cm³/mol. The fourth-order valence-electron chi connectivity index (χ4n) is 4.73. The fourth-order valence-corrected chi connectivity index (χ4v) is 4.73. The van der Waals surface area contributed by atoms with E-state index in [-0.39, 0.29) is 23.3 Å². The van der Waals surface area contributed by atoms with Crippen molar-refractivity contribution in [1.29, 1.82) is 0 Å². The second kappa shape index (κ2) is 7.63. The highest BCUT2D eigenvalue weighted by molar-refractivity contribution is 5.89. The summed E-state index contributed by atoms with van der Waals surface area (Å²) in [5.41, 5.74) is 2.46. The summed E-state index contributed by atoms with van der Waals surface area (Å²) >= 11 is 0. The summed E-state index contributed by atoms with van der Waals surface area (Å²) in [6.07, 6.45) is 5.51. The number of carbonyl (C=O) groups excluding carboxylic acids is 2. The van der Waals surface area contributed by atoms with E-state index in [1.807, 2.05) is 9.80 Å². The number of hydrogen-bond acceptors (Lipinski definition) is 3. The zero-order valence-corrected chi connectivity index (χ0v) is 16.3. The van der Waals surface area contributed by atoms with E-state index in [4.69, 9.17) is 4.74 Å². The van der Waals surface area contributed by atoms with Gasteiger partial charge in [-0.1, -0.05) is 31.2 Å². The first-order valence-corrected chi connectivity index (χ1v) is 10.4. The maximum absolute atomic E-state index is 12.9. The van der Waals surface area contributed by atoms with Gasteiger partial charge in [-0.3, -0.25) is 9.59 Å². The number of ether oxygens (including phenoxy) is 1. The lowest BCUT2D eigenvalue weighted by atomic mass is 9.88. The van der Waals surface area contributed by atoms with Crippen molar-refractivity contribution in [3.8, 4) is 0 Å². The first kappa shape index (κ1) is 18.5. The summed E-state index contributed by atoms with van der Waals surface area (Å²) in [5, 5.41) is 0. The molecule has 3 heterocycles. The minimum absolute atomic E-state index is 0.0267. The maximum atomic E-state index is 12.9. The van der Waals surface area contributed by atoms with E-state index in [0.29, 0.717) is 19.5 Å². The van der Waals surface area contributed by atoms with Crippen molar-refractivity contribution in [3.05, 3.63) is 35.4 Å². The van der Waals surface area contributed by atoms with E-state index >= 15 is 0 Å². The molecule has 3 aliphatic heterocycles. The zero-order valence-electron chi connectivity index (χ0n) is 16.3. The van der Waals surface area contributed by atoms with Gasteiger partial charge in [0.05, 0.1) is 11.5 Å². The van der Waals surface area contributed by atoms with Gasteiger partial charge in [0, 0.05) is 39.2 Å². The molecular weight excluding hydrogens is 340 g/mol. The van der Waals surface area contributed by atoms with Crippen molar-refractivity contribution >= 4 is 11.8 Å². The molecule has 1 aromatic carbocycles. The number of amides is 2. The highest BCUT2D eigenvalue weighted by Gasteiger charge is 2.42. The molecule has 0 aromatic heterocycles. The minimum atomic E-state index is -0.189. The van der Waals surface area contributed by atoms with Gasteiger partial charge >= 0.3 is 0 Å². The highest BCUT2D eigenvalue weighted by Crippen LogP contribution is 2.36. The molecule has 1 spiro atoms. The molecule has 0 aliphatic carbocycles. The van der Waals surface area contributed by atoms with Crippen LogP contribution in [0.3, 0.4) is 0 Å². The van der Waals surface area contributed by atoms with Crippen molar-refractivity contribution in [3.63, 3.8) is 0 Å². The second-order valence-corrected chi connectivity index (χ2v) is 8.31. The van der Waals surface area contributed by atoms with Gasteiger partial charge in [0.15, 0.2) is 0 Å². The Kier molecular flexibility index (Phi) is 5.22. The van der Waals surface area contributed by atoms with E-state index in [1.165, 1.54) is 5.56 Å². The molecule has 2 amide bonds. The molecule has 3 aliphatic rings. The number of hydrogen-bond donors (Lipinski definition) is 0. The molecule has 0 bridgehead atoms. The molecular formula is C22H30N2O3. The third-order valence-electron chi connectivity index (χ3n) is 6.54. The Morgan fingerprint density at radius 3 is 2.48 bits per heavy atom. The lowest BCUT2D eigenvalue weighted by molar-refractivity contribution is -0.140. The minimum Gasteiger partial charge on any atom is -0.375 e. The molecule has 27 heavy (non-hydrogen) atoms. The Morgan fingerprint density at radius 1 is 1.15 bits per heavy atom. The number of benzene rings is 1. The Hall–Kier alpha value is -1.88. The first-order valence-electron chi connectivity index (χ1n) is 10.4. The van der Waals surface area contributed by atoms with E-state index in [9.17, 15) is 9.59 Å². The molecule has 146 valence electrons. The molecule has 5 nitrogen and oxygen atoms in total. The van der Waals surface area contributed by atoms with Crippen molar-refractivity contribution < 1.29 is 14.3 Å². The average Bonchev–Trinajstić information content (AvgIpc) is 3.30. The lowest BCUT2D eigenvalue weighted by Crippen LogP contribution is -2.48. The SMILES string of the molecule is CCc1ccc(CN2C[C@@H](C(=O)N3CCC4(CCCO4)CC3)CC2=O)cc1. The van der Waals surface area contributed by atoms with Gasteiger partial charge < -0.3 is 14.5 Å². The molecule has 3 saturated heterocycles. The Bertz CT molecular complexity index is 684. The van der Waals surface area contributed by atoms with Crippen LogP contribution in [-0.4, -0.2) is 53.5 Å². The zero-order chi connectivity index (χ0) is 18.9. The third-order valence-corrected chi connectivity index (χ3v) is 6.54. The van der Waals surface area contributed by atoms with Gasteiger partial charge in [-0.15, -0.1) is 0 Å². The summed E-state index contributed by atoms with van der Waals surface area (Å²) in [6.45, 7) is 5.68. The van der Waals surface area contributed by atoms with Crippen LogP contribution in [0.25, 0.3) is 0 Å². The molecule has 1 atom stereocenters. The van der Waals surface area contributed by atoms with Crippen LogP contribution < -0.4 is 0 Å². The van der Waals surface area contributed by atoms with Gasteiger partial charge in [-0.2, -0.15) is 0 Å². The molecule has 0 N–H and O–H groups in total. The van der Waals surface area contributed by atoms with Crippen LogP contribution in [0.5, 0.6) is 0 Å². The van der Waals surface area contributed by atoms with Gasteiger partial charge in [-0.05, 0) is 43.2 Å². The van der Waals surface area contributed by atoms with E-state index < -0.39 is 0 Å². The fraction of sp³-hybridized carbons (Fsp3) is 0.636. The first-order chi connectivity index (χ1) is 13.1. The van der Waals surface area contributed by atoms with E-state index in [1.54, 1.807) is 0 Å². The summed E-state index contributed by atoms with van der Waals surface area (Å²) in [7, 11) is 0. The summed E-state index contributed by atoms with van der Waals surface area (Å²) < 4.78 is 5.95. The Morgan fingerprint density at radius 2 is 1.85 bits per heavy atom. The van der Waals surface area contributed by atoms with E-state index in [0.717, 1.165) is 57.4 Å². The van der Waals surface area contributed by atoms with Crippen molar-refractivity contribution in [2.24, 2.45) is 5.92 Å². The molecule has 0 radical (unpaired) electrons. The topological polar surface area (TPSA) is 49.9 Å². The lowest BCUT2D eigenvalue weighted by Gasteiger charge is -2.39. The van der Waals surface area contributed by atoms with Gasteiger partial charge in [-0.25, -0.2) is 0 Å². The van der Waals surface area contributed by atoms with Crippen molar-refractivity contribution in [1.82, 2.24) is 9.80 Å². The molecule has 1 aromatic rings. The number of likely N-dealkylation sites (tertiary alicyclic amines) is 2. The predicted octanol–water partition coefficient (Wildman–Crippen LogP) is 2.77. The number of aryl methyl sites for hydroxylation is 1. The van der Waals surface area contributed by atoms with Crippen LogP contribution in [0.2, 0.25) is 0 Å². The number of piperidine rings is 1. The van der Waals surface area contributed by atoms with Gasteiger partial charge in [0.2, 0.25) is 11.8 Å². The summed E-state index contributed by atoms with van der Waals surface area (Å²) in [4.78, 5) is 29.2. The number of carbonyl (C=O) groups is 2. The molecule has 0 saturated carbocycles. The largest absolute Gasteiger partial charge is 0.375 e. The van der Waals surface area contributed by atoms with Crippen LogP contribution in [-0.2, 0) is 27.3 Å². The van der Waals surface area contributed by atoms with Crippen LogP contribution in [0, 0.1) is 5.92 Å². The maximum Gasteiger partial charge on any atom is 0.227 e.